The molecule has 0 unspecified atom stereocenters. The van der Waals surface area contributed by atoms with Crippen molar-refractivity contribution in [3.8, 4) is 0 Å². The summed E-state index contributed by atoms with van der Waals surface area (Å²) in [5, 5.41) is 8.65. The molecular formula is C8H14O2. The van der Waals surface area contributed by atoms with Crippen molar-refractivity contribution < 1.29 is 9.90 Å². The minimum Gasteiger partial charge on any atom is -0.481 e. The zero-order valence-electron chi connectivity index (χ0n) is 6.50. The number of rotatable bonds is 2. The fraction of sp³-hybridized carbons (Fsp3) is 0.875. The third-order valence-corrected chi connectivity index (χ3v) is 2.50. The van der Waals surface area contributed by atoms with Gasteiger partial charge < -0.3 is 5.11 Å². The molecule has 0 amide bonds. The SMILES string of the molecule is CC(C)[C@@H]1CC[C@@H]1C(=O)O. The molecule has 2 heteroatoms. The minimum absolute atomic E-state index is 0.0417. The lowest BCUT2D eigenvalue weighted by atomic mass is 9.68. The standard InChI is InChI=1S/C8H14O2/c1-5(2)6-3-4-7(6)8(9)10/h5-7H,3-4H2,1-2H3,(H,9,10)/t6-,7-/m0/s1. The number of carbonyl (C=O) groups is 1. The van der Waals surface area contributed by atoms with E-state index in [0.717, 1.165) is 12.8 Å². The molecule has 0 saturated heterocycles. The van der Waals surface area contributed by atoms with Gasteiger partial charge in [0, 0.05) is 0 Å². The van der Waals surface area contributed by atoms with Gasteiger partial charge in [0.05, 0.1) is 5.92 Å². The highest BCUT2D eigenvalue weighted by atomic mass is 16.4. The number of hydrogen-bond acceptors (Lipinski definition) is 1. The van der Waals surface area contributed by atoms with Crippen LogP contribution in [0.25, 0.3) is 0 Å². The molecule has 0 bridgehead atoms. The first kappa shape index (κ1) is 7.58. The second-order valence-corrected chi connectivity index (χ2v) is 3.43. The molecule has 0 heterocycles. The van der Waals surface area contributed by atoms with Crippen LogP contribution < -0.4 is 0 Å². The van der Waals surface area contributed by atoms with Crippen LogP contribution in [0.15, 0.2) is 0 Å². The molecule has 0 aromatic rings. The van der Waals surface area contributed by atoms with Crippen LogP contribution in [-0.4, -0.2) is 11.1 Å². The van der Waals surface area contributed by atoms with Gasteiger partial charge in [0.2, 0.25) is 0 Å². The lowest BCUT2D eigenvalue weighted by Gasteiger charge is -2.36. The van der Waals surface area contributed by atoms with Gasteiger partial charge in [-0.25, -0.2) is 0 Å². The molecule has 0 radical (unpaired) electrons. The Morgan fingerprint density at radius 1 is 1.50 bits per heavy atom. The Balaban J connectivity index is 2.43. The Hall–Kier alpha value is -0.530. The minimum atomic E-state index is -0.607. The van der Waals surface area contributed by atoms with E-state index in [2.05, 4.69) is 13.8 Å². The third kappa shape index (κ3) is 1.15. The Morgan fingerprint density at radius 3 is 2.20 bits per heavy atom. The normalized spacial score (nSPS) is 31.9. The summed E-state index contributed by atoms with van der Waals surface area (Å²) in [6, 6.07) is 0. The summed E-state index contributed by atoms with van der Waals surface area (Å²) < 4.78 is 0. The van der Waals surface area contributed by atoms with Crippen LogP contribution in [0.5, 0.6) is 0 Å². The summed E-state index contributed by atoms with van der Waals surface area (Å²) in [4.78, 5) is 10.5. The van der Waals surface area contributed by atoms with E-state index < -0.39 is 5.97 Å². The van der Waals surface area contributed by atoms with E-state index in [0.29, 0.717) is 11.8 Å². The molecule has 58 valence electrons. The van der Waals surface area contributed by atoms with E-state index >= 15 is 0 Å². The smallest absolute Gasteiger partial charge is 0.306 e. The number of carboxylic acids is 1. The Bertz CT molecular complexity index is 140. The van der Waals surface area contributed by atoms with E-state index in [1.165, 1.54) is 0 Å². The number of hydrogen-bond donors (Lipinski definition) is 1. The second-order valence-electron chi connectivity index (χ2n) is 3.43. The lowest BCUT2D eigenvalue weighted by molar-refractivity contribution is -0.149. The van der Waals surface area contributed by atoms with Gasteiger partial charge in [-0.05, 0) is 24.7 Å². The first-order chi connectivity index (χ1) is 4.63. The summed E-state index contributed by atoms with van der Waals surface area (Å²) in [6.07, 6.45) is 1.99. The van der Waals surface area contributed by atoms with Crippen LogP contribution in [0.1, 0.15) is 26.7 Å². The summed E-state index contributed by atoms with van der Waals surface area (Å²) in [7, 11) is 0. The number of aliphatic carboxylic acids is 1. The van der Waals surface area contributed by atoms with Crippen molar-refractivity contribution in [3.05, 3.63) is 0 Å². The van der Waals surface area contributed by atoms with Crippen LogP contribution in [0.4, 0.5) is 0 Å². The maximum absolute atomic E-state index is 10.5. The molecule has 1 rings (SSSR count). The molecule has 2 atom stereocenters. The fourth-order valence-corrected chi connectivity index (χ4v) is 1.63. The van der Waals surface area contributed by atoms with Gasteiger partial charge in [-0.1, -0.05) is 13.8 Å². The van der Waals surface area contributed by atoms with Crippen molar-refractivity contribution in [1.82, 2.24) is 0 Å². The molecule has 10 heavy (non-hydrogen) atoms. The highest BCUT2D eigenvalue weighted by Gasteiger charge is 2.37. The van der Waals surface area contributed by atoms with Crippen molar-refractivity contribution in [2.45, 2.75) is 26.7 Å². The molecule has 2 nitrogen and oxygen atoms in total. The lowest BCUT2D eigenvalue weighted by Crippen LogP contribution is -2.35. The monoisotopic (exact) mass is 142 g/mol. The zero-order valence-corrected chi connectivity index (χ0v) is 6.50. The first-order valence-electron chi connectivity index (χ1n) is 3.85. The van der Waals surface area contributed by atoms with Gasteiger partial charge in [-0.3, -0.25) is 4.79 Å². The average molecular weight is 142 g/mol. The molecule has 1 aliphatic carbocycles. The molecule has 1 aliphatic rings. The van der Waals surface area contributed by atoms with Crippen LogP contribution in [0, 0.1) is 17.8 Å². The van der Waals surface area contributed by atoms with E-state index in [9.17, 15) is 4.79 Å². The van der Waals surface area contributed by atoms with Crippen LogP contribution in [0.3, 0.4) is 0 Å². The van der Waals surface area contributed by atoms with Crippen LogP contribution in [0.2, 0.25) is 0 Å². The molecule has 0 aromatic carbocycles. The van der Waals surface area contributed by atoms with Gasteiger partial charge in [0.15, 0.2) is 0 Å². The predicted molar refractivity (Wildman–Crippen MR) is 38.7 cm³/mol. The number of carboxylic acid groups (broad SMARTS) is 1. The van der Waals surface area contributed by atoms with Gasteiger partial charge in [-0.15, -0.1) is 0 Å². The van der Waals surface area contributed by atoms with Crippen molar-refractivity contribution in [1.29, 1.82) is 0 Å². The first-order valence-corrected chi connectivity index (χ1v) is 3.85. The topological polar surface area (TPSA) is 37.3 Å². The second kappa shape index (κ2) is 2.60. The van der Waals surface area contributed by atoms with E-state index in [4.69, 9.17) is 5.11 Å². The summed E-state index contributed by atoms with van der Waals surface area (Å²) >= 11 is 0. The van der Waals surface area contributed by atoms with Crippen molar-refractivity contribution in [2.24, 2.45) is 17.8 Å². The summed E-state index contributed by atoms with van der Waals surface area (Å²) in [5.41, 5.74) is 0. The Labute approximate surface area is 61.2 Å². The Morgan fingerprint density at radius 2 is 2.10 bits per heavy atom. The quantitative estimate of drug-likeness (QED) is 0.637. The highest BCUT2D eigenvalue weighted by molar-refractivity contribution is 5.71. The molecule has 0 spiro atoms. The van der Waals surface area contributed by atoms with Gasteiger partial charge in [0.25, 0.3) is 0 Å². The van der Waals surface area contributed by atoms with Gasteiger partial charge >= 0.3 is 5.97 Å². The Kier molecular flexibility index (Phi) is 1.97. The molecule has 1 saturated carbocycles. The third-order valence-electron chi connectivity index (χ3n) is 2.50. The molecule has 1 fully saturated rings. The molecule has 0 aromatic heterocycles. The maximum Gasteiger partial charge on any atom is 0.306 e. The average Bonchev–Trinajstić information content (AvgIpc) is 1.56. The van der Waals surface area contributed by atoms with Gasteiger partial charge in [0.1, 0.15) is 0 Å². The van der Waals surface area contributed by atoms with Crippen molar-refractivity contribution in [3.63, 3.8) is 0 Å². The summed E-state index contributed by atoms with van der Waals surface area (Å²) in [6.45, 7) is 4.19. The van der Waals surface area contributed by atoms with Gasteiger partial charge in [-0.2, -0.15) is 0 Å². The zero-order chi connectivity index (χ0) is 7.72. The summed E-state index contributed by atoms with van der Waals surface area (Å²) in [5.74, 6) is 0.331. The highest BCUT2D eigenvalue weighted by Crippen LogP contribution is 2.39. The van der Waals surface area contributed by atoms with E-state index in [1.807, 2.05) is 0 Å². The van der Waals surface area contributed by atoms with E-state index in [1.54, 1.807) is 0 Å². The predicted octanol–water partition coefficient (Wildman–Crippen LogP) is 1.75. The molecule has 0 aliphatic heterocycles. The van der Waals surface area contributed by atoms with Crippen LogP contribution >= 0.6 is 0 Å². The molecule has 1 N–H and O–H groups in total. The maximum atomic E-state index is 10.5. The van der Waals surface area contributed by atoms with Crippen molar-refractivity contribution in [2.75, 3.05) is 0 Å². The molecular weight excluding hydrogens is 128 g/mol. The van der Waals surface area contributed by atoms with E-state index in [-0.39, 0.29) is 5.92 Å². The fourth-order valence-electron chi connectivity index (χ4n) is 1.63. The van der Waals surface area contributed by atoms with Crippen molar-refractivity contribution >= 4 is 5.97 Å². The van der Waals surface area contributed by atoms with Crippen LogP contribution in [-0.2, 0) is 4.79 Å². The largest absolute Gasteiger partial charge is 0.481 e.